The van der Waals surface area contributed by atoms with Crippen molar-refractivity contribution in [1.29, 1.82) is 0 Å². The number of anilines is 1. The summed E-state index contributed by atoms with van der Waals surface area (Å²) in [6, 6.07) is 5.90. The molecule has 0 radical (unpaired) electrons. The molecule has 1 aromatic carbocycles. The number of aromatic amines is 1. The Bertz CT molecular complexity index is 857. The summed E-state index contributed by atoms with van der Waals surface area (Å²) < 4.78 is 1.09. The molecule has 0 saturated carbocycles. The standard InChI is InChI=1S/C17H19N5OS/c1-11-20-14-6-5-13(8-16(14)24-11)21-17(23)22-7-3-2-4-15(22)12-9-18-19-10-12/h5-6,8-10,15H,2-4,7H2,1H3,(H,18,19)(H,21,23)/t15-/m0/s1. The third kappa shape index (κ3) is 2.87. The molecule has 1 aliphatic rings. The van der Waals surface area contributed by atoms with E-state index in [9.17, 15) is 4.79 Å². The Kier molecular flexibility index (Phi) is 3.93. The zero-order chi connectivity index (χ0) is 16.5. The highest BCUT2D eigenvalue weighted by atomic mass is 32.1. The summed E-state index contributed by atoms with van der Waals surface area (Å²) in [5.74, 6) is 0. The number of hydrogen-bond acceptors (Lipinski definition) is 4. The van der Waals surface area contributed by atoms with Gasteiger partial charge in [-0.25, -0.2) is 9.78 Å². The fraction of sp³-hybridized carbons (Fsp3) is 0.353. The minimum atomic E-state index is -0.0542. The van der Waals surface area contributed by atoms with Crippen LogP contribution in [0, 0.1) is 6.92 Å². The summed E-state index contributed by atoms with van der Waals surface area (Å²) in [5, 5.41) is 10.9. The van der Waals surface area contributed by atoms with Crippen molar-refractivity contribution in [3.63, 3.8) is 0 Å². The van der Waals surface area contributed by atoms with Crippen LogP contribution in [0.5, 0.6) is 0 Å². The molecule has 7 heteroatoms. The average Bonchev–Trinajstić information content (AvgIpc) is 3.23. The van der Waals surface area contributed by atoms with Crippen LogP contribution in [0.4, 0.5) is 10.5 Å². The summed E-state index contributed by atoms with van der Waals surface area (Å²) in [4.78, 5) is 19.2. The molecule has 0 unspecified atom stereocenters. The first-order chi connectivity index (χ1) is 11.7. The largest absolute Gasteiger partial charge is 0.322 e. The van der Waals surface area contributed by atoms with E-state index < -0.39 is 0 Å². The maximum atomic E-state index is 12.8. The third-order valence-corrected chi connectivity index (χ3v) is 5.35. The molecule has 0 bridgehead atoms. The van der Waals surface area contributed by atoms with E-state index in [4.69, 9.17) is 0 Å². The van der Waals surface area contributed by atoms with E-state index in [0.717, 1.165) is 52.3 Å². The van der Waals surface area contributed by atoms with Crippen molar-refractivity contribution in [2.75, 3.05) is 11.9 Å². The fourth-order valence-corrected chi connectivity index (χ4v) is 4.14. The monoisotopic (exact) mass is 341 g/mol. The number of likely N-dealkylation sites (tertiary alicyclic amines) is 1. The lowest BCUT2D eigenvalue weighted by Gasteiger charge is -2.35. The first kappa shape index (κ1) is 15.1. The molecule has 2 amide bonds. The number of carbonyl (C=O) groups is 1. The van der Waals surface area contributed by atoms with E-state index in [0.29, 0.717) is 0 Å². The first-order valence-electron chi connectivity index (χ1n) is 8.14. The minimum Gasteiger partial charge on any atom is -0.317 e. The van der Waals surface area contributed by atoms with Gasteiger partial charge in [-0.1, -0.05) is 0 Å². The number of benzene rings is 1. The molecule has 1 atom stereocenters. The molecule has 1 aliphatic heterocycles. The van der Waals surface area contributed by atoms with Gasteiger partial charge in [0, 0.05) is 24.0 Å². The molecule has 0 aliphatic carbocycles. The van der Waals surface area contributed by atoms with Gasteiger partial charge in [0.1, 0.15) is 0 Å². The summed E-state index contributed by atoms with van der Waals surface area (Å²) >= 11 is 1.64. The van der Waals surface area contributed by atoms with Gasteiger partial charge in [-0.3, -0.25) is 5.10 Å². The van der Waals surface area contributed by atoms with Crippen LogP contribution in [-0.2, 0) is 0 Å². The van der Waals surface area contributed by atoms with Gasteiger partial charge >= 0.3 is 6.03 Å². The Morgan fingerprint density at radius 1 is 1.42 bits per heavy atom. The highest BCUT2D eigenvalue weighted by molar-refractivity contribution is 7.18. The van der Waals surface area contributed by atoms with Crippen LogP contribution in [0.3, 0.4) is 0 Å². The number of aryl methyl sites for hydroxylation is 1. The zero-order valence-corrected chi connectivity index (χ0v) is 14.3. The zero-order valence-electron chi connectivity index (χ0n) is 13.5. The van der Waals surface area contributed by atoms with E-state index in [1.54, 1.807) is 11.3 Å². The van der Waals surface area contributed by atoms with Gasteiger partial charge in [-0.05, 0) is 44.4 Å². The number of H-pyrrole nitrogens is 1. The summed E-state index contributed by atoms with van der Waals surface area (Å²) in [6.07, 6.45) is 6.82. The second-order valence-electron chi connectivity index (χ2n) is 6.08. The SMILES string of the molecule is Cc1nc2ccc(NC(=O)N3CCCC[C@H]3c3cn[nH]c3)cc2s1. The van der Waals surface area contributed by atoms with Gasteiger partial charge in [0.15, 0.2) is 0 Å². The lowest BCUT2D eigenvalue weighted by atomic mass is 9.98. The number of amides is 2. The van der Waals surface area contributed by atoms with Crippen molar-refractivity contribution in [1.82, 2.24) is 20.1 Å². The van der Waals surface area contributed by atoms with Crippen LogP contribution >= 0.6 is 11.3 Å². The van der Waals surface area contributed by atoms with Gasteiger partial charge in [0.05, 0.1) is 27.5 Å². The maximum absolute atomic E-state index is 12.8. The molecule has 2 aromatic heterocycles. The molecule has 0 spiro atoms. The second-order valence-corrected chi connectivity index (χ2v) is 7.32. The number of hydrogen-bond donors (Lipinski definition) is 2. The predicted molar refractivity (Wildman–Crippen MR) is 95.3 cm³/mol. The van der Waals surface area contributed by atoms with Crippen LogP contribution in [-0.4, -0.2) is 32.7 Å². The minimum absolute atomic E-state index is 0.0542. The predicted octanol–water partition coefficient (Wildman–Crippen LogP) is 4.09. The van der Waals surface area contributed by atoms with Crippen LogP contribution in [0.25, 0.3) is 10.2 Å². The Balaban J connectivity index is 1.54. The maximum Gasteiger partial charge on any atom is 0.322 e. The van der Waals surface area contributed by atoms with E-state index in [-0.39, 0.29) is 12.1 Å². The van der Waals surface area contributed by atoms with Crippen molar-refractivity contribution in [2.24, 2.45) is 0 Å². The number of nitrogens with zero attached hydrogens (tertiary/aromatic N) is 3. The van der Waals surface area contributed by atoms with Gasteiger partial charge in [0.25, 0.3) is 0 Å². The number of piperidine rings is 1. The lowest BCUT2D eigenvalue weighted by molar-refractivity contribution is 0.163. The van der Waals surface area contributed by atoms with Crippen molar-refractivity contribution in [2.45, 2.75) is 32.2 Å². The molecule has 1 saturated heterocycles. The van der Waals surface area contributed by atoms with Crippen molar-refractivity contribution < 1.29 is 4.79 Å². The van der Waals surface area contributed by atoms with E-state index in [1.165, 1.54) is 0 Å². The smallest absolute Gasteiger partial charge is 0.317 e. The van der Waals surface area contributed by atoms with Crippen molar-refractivity contribution in [3.8, 4) is 0 Å². The molecule has 124 valence electrons. The fourth-order valence-electron chi connectivity index (χ4n) is 3.28. The number of carbonyl (C=O) groups excluding carboxylic acids is 1. The number of fused-ring (bicyclic) bond motifs is 1. The summed E-state index contributed by atoms with van der Waals surface area (Å²) in [6.45, 7) is 2.76. The second kappa shape index (κ2) is 6.24. The Hall–Kier alpha value is -2.41. The molecule has 3 aromatic rings. The van der Waals surface area contributed by atoms with Gasteiger partial charge in [0.2, 0.25) is 0 Å². The van der Waals surface area contributed by atoms with Crippen molar-refractivity contribution in [3.05, 3.63) is 41.2 Å². The van der Waals surface area contributed by atoms with E-state index >= 15 is 0 Å². The molecule has 1 fully saturated rings. The van der Waals surface area contributed by atoms with E-state index in [1.807, 2.05) is 42.4 Å². The quantitative estimate of drug-likeness (QED) is 0.737. The lowest BCUT2D eigenvalue weighted by Crippen LogP contribution is -2.41. The number of aromatic nitrogens is 3. The van der Waals surface area contributed by atoms with Crippen LogP contribution < -0.4 is 5.32 Å². The highest BCUT2D eigenvalue weighted by Crippen LogP contribution is 2.31. The summed E-state index contributed by atoms with van der Waals surface area (Å²) in [5.41, 5.74) is 2.86. The van der Waals surface area contributed by atoms with Crippen LogP contribution in [0.1, 0.15) is 35.9 Å². The van der Waals surface area contributed by atoms with Gasteiger partial charge in [-0.15, -0.1) is 11.3 Å². The number of rotatable bonds is 2. The topological polar surface area (TPSA) is 73.9 Å². The number of nitrogens with one attached hydrogen (secondary N) is 2. The molecule has 3 heterocycles. The first-order valence-corrected chi connectivity index (χ1v) is 8.96. The third-order valence-electron chi connectivity index (χ3n) is 4.41. The van der Waals surface area contributed by atoms with Crippen LogP contribution in [0.15, 0.2) is 30.6 Å². The van der Waals surface area contributed by atoms with Crippen molar-refractivity contribution >= 4 is 33.3 Å². The molecule has 6 nitrogen and oxygen atoms in total. The Morgan fingerprint density at radius 3 is 3.17 bits per heavy atom. The van der Waals surface area contributed by atoms with E-state index in [2.05, 4.69) is 20.5 Å². The summed E-state index contributed by atoms with van der Waals surface area (Å²) in [7, 11) is 0. The molecule has 24 heavy (non-hydrogen) atoms. The Labute approximate surface area is 143 Å². The Morgan fingerprint density at radius 2 is 2.33 bits per heavy atom. The molecular formula is C17H19N5OS. The normalized spacial score (nSPS) is 18.0. The van der Waals surface area contributed by atoms with Gasteiger partial charge in [-0.2, -0.15) is 5.10 Å². The number of urea groups is 1. The average molecular weight is 341 g/mol. The molecular weight excluding hydrogens is 322 g/mol. The van der Waals surface area contributed by atoms with Crippen LogP contribution in [0.2, 0.25) is 0 Å². The molecule has 4 rings (SSSR count). The number of thiazole rings is 1. The molecule has 2 N–H and O–H groups in total. The highest BCUT2D eigenvalue weighted by Gasteiger charge is 2.28. The van der Waals surface area contributed by atoms with Gasteiger partial charge < -0.3 is 10.2 Å².